The lowest BCUT2D eigenvalue weighted by atomic mass is 9.87. The molecule has 0 heterocycles. The van der Waals surface area contributed by atoms with Crippen LogP contribution in [-0.2, 0) is 4.79 Å². The molecular formula is C14H20N2O. The molecular weight excluding hydrogens is 212 g/mol. The minimum absolute atomic E-state index is 0.231. The lowest BCUT2D eigenvalue weighted by Gasteiger charge is -2.33. The van der Waals surface area contributed by atoms with Crippen LogP contribution in [0.5, 0.6) is 0 Å². The van der Waals surface area contributed by atoms with Crippen LogP contribution in [0.25, 0.3) is 0 Å². The van der Waals surface area contributed by atoms with Crippen molar-refractivity contribution in [2.24, 2.45) is 11.7 Å². The number of anilines is 1. The number of para-hydroxylation sites is 1. The highest BCUT2D eigenvalue weighted by atomic mass is 16.1. The van der Waals surface area contributed by atoms with Gasteiger partial charge in [-0.25, -0.2) is 0 Å². The molecule has 3 heteroatoms. The molecule has 2 atom stereocenters. The van der Waals surface area contributed by atoms with Gasteiger partial charge in [0.15, 0.2) is 0 Å². The average Bonchev–Trinajstić information content (AvgIpc) is 2.65. The third-order valence-electron chi connectivity index (χ3n) is 3.99. The van der Waals surface area contributed by atoms with Gasteiger partial charge < -0.3 is 11.1 Å². The van der Waals surface area contributed by atoms with Crippen LogP contribution in [0.15, 0.2) is 24.3 Å². The van der Waals surface area contributed by atoms with Gasteiger partial charge in [0.2, 0.25) is 5.91 Å². The van der Waals surface area contributed by atoms with Crippen molar-refractivity contribution in [3.05, 3.63) is 29.8 Å². The number of hydrogen-bond donors (Lipinski definition) is 2. The second-order valence-electron chi connectivity index (χ2n) is 5.07. The highest BCUT2D eigenvalue weighted by Gasteiger charge is 2.45. The van der Waals surface area contributed by atoms with E-state index in [9.17, 15) is 4.79 Å². The molecule has 2 unspecified atom stereocenters. The molecule has 1 amide bonds. The van der Waals surface area contributed by atoms with E-state index >= 15 is 0 Å². The van der Waals surface area contributed by atoms with Crippen LogP contribution in [0, 0.1) is 12.8 Å². The van der Waals surface area contributed by atoms with Crippen molar-refractivity contribution >= 4 is 11.6 Å². The Morgan fingerprint density at radius 2 is 2.18 bits per heavy atom. The summed E-state index contributed by atoms with van der Waals surface area (Å²) in [6.45, 7) is 4.14. The van der Waals surface area contributed by atoms with E-state index in [1.54, 1.807) is 0 Å². The van der Waals surface area contributed by atoms with Gasteiger partial charge >= 0.3 is 0 Å². The first-order valence-electron chi connectivity index (χ1n) is 6.20. The first-order valence-corrected chi connectivity index (χ1v) is 6.20. The molecule has 1 fully saturated rings. The Morgan fingerprint density at radius 3 is 2.71 bits per heavy atom. The van der Waals surface area contributed by atoms with E-state index < -0.39 is 5.54 Å². The lowest BCUT2D eigenvalue weighted by molar-refractivity contribution is -0.123. The van der Waals surface area contributed by atoms with Crippen molar-refractivity contribution in [2.45, 2.75) is 38.6 Å². The monoisotopic (exact) mass is 232 g/mol. The molecule has 0 aromatic heterocycles. The van der Waals surface area contributed by atoms with Crippen LogP contribution < -0.4 is 11.1 Å². The van der Waals surface area contributed by atoms with Gasteiger partial charge in [-0.1, -0.05) is 31.5 Å². The maximum Gasteiger partial charge on any atom is 0.243 e. The second-order valence-corrected chi connectivity index (χ2v) is 5.07. The van der Waals surface area contributed by atoms with E-state index in [1.807, 2.05) is 31.2 Å². The van der Waals surface area contributed by atoms with Crippen LogP contribution in [0.3, 0.4) is 0 Å². The minimum atomic E-state index is -0.563. The zero-order valence-electron chi connectivity index (χ0n) is 10.5. The summed E-state index contributed by atoms with van der Waals surface area (Å²) < 4.78 is 0. The molecule has 1 aliphatic carbocycles. The average molecular weight is 232 g/mol. The van der Waals surface area contributed by atoms with Crippen molar-refractivity contribution in [3.8, 4) is 0 Å². The van der Waals surface area contributed by atoms with Crippen molar-refractivity contribution in [1.29, 1.82) is 0 Å². The van der Waals surface area contributed by atoms with Gasteiger partial charge in [0.1, 0.15) is 5.54 Å². The summed E-state index contributed by atoms with van der Waals surface area (Å²) in [6, 6.07) is 8.01. The Labute approximate surface area is 102 Å². The maximum absolute atomic E-state index is 11.8. The molecule has 3 nitrogen and oxygen atoms in total. The van der Waals surface area contributed by atoms with Crippen molar-refractivity contribution in [1.82, 2.24) is 0 Å². The minimum Gasteiger partial charge on any atom is -0.371 e. The fraction of sp³-hybridized carbons (Fsp3) is 0.500. The Bertz CT molecular complexity index is 430. The van der Waals surface area contributed by atoms with E-state index in [4.69, 9.17) is 5.73 Å². The molecule has 2 rings (SSSR count). The largest absolute Gasteiger partial charge is 0.371 e. The smallest absolute Gasteiger partial charge is 0.243 e. The normalized spacial score (nSPS) is 28.0. The predicted molar refractivity (Wildman–Crippen MR) is 69.7 cm³/mol. The van der Waals surface area contributed by atoms with Crippen LogP contribution in [0.1, 0.15) is 31.7 Å². The summed E-state index contributed by atoms with van der Waals surface area (Å²) in [5, 5.41) is 3.40. The van der Waals surface area contributed by atoms with Crippen LogP contribution in [0.2, 0.25) is 0 Å². The zero-order valence-corrected chi connectivity index (χ0v) is 10.5. The number of carbonyl (C=O) groups excluding carboxylic acids is 1. The number of hydrogen-bond acceptors (Lipinski definition) is 2. The fourth-order valence-corrected chi connectivity index (χ4v) is 2.75. The summed E-state index contributed by atoms with van der Waals surface area (Å²) in [4.78, 5) is 11.8. The van der Waals surface area contributed by atoms with Crippen LogP contribution >= 0.6 is 0 Å². The standard InChI is InChI=1S/C14H20N2O/c1-10-6-3-4-8-12(10)16-14(13(15)17)9-5-7-11(14)2/h3-4,6,8,11,16H,5,7,9H2,1-2H3,(H2,15,17). The maximum atomic E-state index is 11.8. The summed E-state index contributed by atoms with van der Waals surface area (Å²) in [5.74, 6) is 0.0605. The van der Waals surface area contributed by atoms with Gasteiger partial charge in [0.05, 0.1) is 0 Å². The molecule has 1 aliphatic rings. The molecule has 92 valence electrons. The molecule has 17 heavy (non-hydrogen) atoms. The first kappa shape index (κ1) is 12.0. The molecule has 0 bridgehead atoms. The Balaban J connectivity index is 2.31. The highest BCUT2D eigenvalue weighted by molar-refractivity contribution is 5.89. The third kappa shape index (κ3) is 2.02. The highest BCUT2D eigenvalue weighted by Crippen LogP contribution is 2.38. The number of nitrogens with two attached hydrogens (primary N) is 1. The van der Waals surface area contributed by atoms with Crippen molar-refractivity contribution in [3.63, 3.8) is 0 Å². The molecule has 0 spiro atoms. The Morgan fingerprint density at radius 1 is 1.47 bits per heavy atom. The lowest BCUT2D eigenvalue weighted by Crippen LogP contribution is -2.52. The van der Waals surface area contributed by atoms with E-state index in [1.165, 1.54) is 0 Å². The summed E-state index contributed by atoms with van der Waals surface area (Å²) in [6.07, 6.45) is 2.95. The van der Waals surface area contributed by atoms with E-state index in [2.05, 4.69) is 12.2 Å². The number of rotatable bonds is 3. The molecule has 0 radical (unpaired) electrons. The van der Waals surface area contributed by atoms with E-state index in [0.717, 1.165) is 30.5 Å². The zero-order chi connectivity index (χ0) is 12.5. The Kier molecular flexibility index (Phi) is 3.09. The summed E-state index contributed by atoms with van der Waals surface area (Å²) in [5.41, 5.74) is 7.22. The number of benzene rings is 1. The first-order chi connectivity index (χ1) is 8.06. The SMILES string of the molecule is Cc1ccccc1NC1(C(N)=O)CCCC1C. The van der Waals surface area contributed by atoms with Gasteiger partial charge in [0, 0.05) is 5.69 Å². The predicted octanol–water partition coefficient (Wildman–Crippen LogP) is 2.45. The molecule has 3 N–H and O–H groups in total. The van der Waals surface area contributed by atoms with Crippen LogP contribution in [0.4, 0.5) is 5.69 Å². The van der Waals surface area contributed by atoms with Crippen molar-refractivity contribution < 1.29 is 4.79 Å². The molecule has 0 saturated heterocycles. The fourth-order valence-electron chi connectivity index (χ4n) is 2.75. The number of amides is 1. The molecule has 0 aliphatic heterocycles. The van der Waals surface area contributed by atoms with Gasteiger partial charge in [-0.2, -0.15) is 0 Å². The number of nitrogens with one attached hydrogen (secondary N) is 1. The molecule has 1 saturated carbocycles. The van der Waals surface area contributed by atoms with Gasteiger partial charge in [0.25, 0.3) is 0 Å². The summed E-state index contributed by atoms with van der Waals surface area (Å²) >= 11 is 0. The topological polar surface area (TPSA) is 55.1 Å². The third-order valence-corrected chi connectivity index (χ3v) is 3.99. The Hall–Kier alpha value is -1.51. The van der Waals surface area contributed by atoms with E-state index in [0.29, 0.717) is 5.92 Å². The summed E-state index contributed by atoms with van der Waals surface area (Å²) in [7, 11) is 0. The molecule has 1 aromatic carbocycles. The quantitative estimate of drug-likeness (QED) is 0.841. The van der Waals surface area contributed by atoms with Gasteiger partial charge in [-0.15, -0.1) is 0 Å². The van der Waals surface area contributed by atoms with Gasteiger partial charge in [-0.3, -0.25) is 4.79 Å². The van der Waals surface area contributed by atoms with Crippen molar-refractivity contribution in [2.75, 3.05) is 5.32 Å². The number of carbonyl (C=O) groups is 1. The number of primary amides is 1. The molecule has 1 aromatic rings. The van der Waals surface area contributed by atoms with Gasteiger partial charge in [-0.05, 0) is 37.3 Å². The van der Waals surface area contributed by atoms with E-state index in [-0.39, 0.29) is 5.91 Å². The second kappa shape index (κ2) is 4.40. The van der Waals surface area contributed by atoms with Crippen LogP contribution in [-0.4, -0.2) is 11.4 Å². The number of aryl methyl sites for hydroxylation is 1.